The third kappa shape index (κ3) is 0.399. The maximum atomic E-state index is 10.6. The number of carbonyl (C=O) groups excluding carboxylic acids is 1. The predicted octanol–water partition coefficient (Wildman–Crippen LogP) is -0.355. The number of β-lactam (4-membered cyclic amide) rings is 1. The summed E-state index contributed by atoms with van der Waals surface area (Å²) in [6.07, 6.45) is 1.92. The van der Waals surface area contributed by atoms with Gasteiger partial charge in [0.2, 0.25) is 5.91 Å². The van der Waals surface area contributed by atoms with Crippen molar-refractivity contribution in [2.24, 2.45) is 5.92 Å². The number of hydrogen-bond donors (Lipinski definition) is 1. The average Bonchev–Trinajstić information content (AvgIpc) is 1.80. The normalized spacial score (nSPS) is 37.0. The SMILES string of the molecule is COC1=C[C@H]2NC(=O)[C@@H]12. The van der Waals surface area contributed by atoms with Crippen molar-refractivity contribution in [2.75, 3.05) is 7.11 Å². The van der Waals surface area contributed by atoms with E-state index in [0.717, 1.165) is 5.76 Å². The van der Waals surface area contributed by atoms with E-state index in [9.17, 15) is 4.79 Å². The van der Waals surface area contributed by atoms with Gasteiger partial charge < -0.3 is 10.1 Å². The lowest BCUT2D eigenvalue weighted by atomic mass is 9.79. The summed E-state index contributed by atoms with van der Waals surface area (Å²) in [6.45, 7) is 0. The van der Waals surface area contributed by atoms with Crippen LogP contribution in [0.15, 0.2) is 11.8 Å². The van der Waals surface area contributed by atoms with Gasteiger partial charge in [-0.15, -0.1) is 0 Å². The van der Waals surface area contributed by atoms with E-state index in [0.29, 0.717) is 0 Å². The minimum absolute atomic E-state index is 0.0509. The highest BCUT2D eigenvalue weighted by atomic mass is 16.5. The first-order chi connectivity index (χ1) is 4.33. The summed E-state index contributed by atoms with van der Waals surface area (Å²) in [5.74, 6) is 0.970. The van der Waals surface area contributed by atoms with E-state index in [2.05, 4.69) is 5.32 Å². The molecule has 1 aliphatic carbocycles. The zero-order chi connectivity index (χ0) is 6.43. The molecule has 0 spiro atoms. The van der Waals surface area contributed by atoms with Crippen LogP contribution >= 0.6 is 0 Å². The van der Waals surface area contributed by atoms with Gasteiger partial charge in [0.15, 0.2) is 0 Å². The Morgan fingerprint density at radius 1 is 1.78 bits per heavy atom. The third-order valence-corrected chi connectivity index (χ3v) is 1.84. The van der Waals surface area contributed by atoms with Crippen LogP contribution in [0.5, 0.6) is 0 Å². The Morgan fingerprint density at radius 3 is 2.89 bits per heavy atom. The summed E-state index contributed by atoms with van der Waals surface area (Å²) >= 11 is 0. The Labute approximate surface area is 52.7 Å². The van der Waals surface area contributed by atoms with Crippen molar-refractivity contribution in [3.8, 4) is 0 Å². The van der Waals surface area contributed by atoms with E-state index in [4.69, 9.17) is 4.74 Å². The number of ether oxygens (including phenoxy) is 1. The molecule has 0 bridgehead atoms. The summed E-state index contributed by atoms with van der Waals surface area (Å²) in [6, 6.07) is 0.285. The standard InChI is InChI=1S/C6H7NO2/c1-9-4-2-3-5(4)6(8)7-3/h2-3,5H,1H3,(H,7,8)/t3-,5-/m1/s1. The lowest BCUT2D eigenvalue weighted by Gasteiger charge is -2.42. The first-order valence-electron chi connectivity index (χ1n) is 2.89. The molecule has 1 heterocycles. The van der Waals surface area contributed by atoms with E-state index >= 15 is 0 Å². The van der Waals surface area contributed by atoms with Gasteiger partial charge in [-0.1, -0.05) is 0 Å². The molecule has 0 unspecified atom stereocenters. The van der Waals surface area contributed by atoms with Gasteiger partial charge in [0, 0.05) is 0 Å². The highest BCUT2D eigenvalue weighted by Gasteiger charge is 2.48. The highest BCUT2D eigenvalue weighted by molar-refractivity contribution is 5.91. The third-order valence-electron chi connectivity index (χ3n) is 1.84. The number of methoxy groups -OCH3 is 1. The number of nitrogens with one attached hydrogen (secondary N) is 1. The largest absolute Gasteiger partial charge is 0.500 e. The molecule has 2 atom stereocenters. The zero-order valence-corrected chi connectivity index (χ0v) is 5.05. The van der Waals surface area contributed by atoms with Crippen molar-refractivity contribution >= 4 is 5.91 Å². The minimum atomic E-state index is 0.0509. The minimum Gasteiger partial charge on any atom is -0.500 e. The number of rotatable bonds is 1. The second kappa shape index (κ2) is 1.29. The molecule has 0 aromatic rings. The smallest absolute Gasteiger partial charge is 0.233 e. The molecular formula is C6H7NO2. The lowest BCUT2D eigenvalue weighted by Crippen LogP contribution is -2.63. The lowest BCUT2D eigenvalue weighted by molar-refractivity contribution is -0.135. The molecule has 0 saturated carbocycles. The van der Waals surface area contributed by atoms with Crippen molar-refractivity contribution in [1.82, 2.24) is 5.32 Å². The molecule has 1 saturated heterocycles. The Kier molecular flexibility index (Phi) is 0.695. The van der Waals surface area contributed by atoms with E-state index in [-0.39, 0.29) is 17.9 Å². The molecule has 1 fully saturated rings. The van der Waals surface area contributed by atoms with Gasteiger partial charge in [0.25, 0.3) is 0 Å². The fourth-order valence-corrected chi connectivity index (χ4v) is 1.21. The van der Waals surface area contributed by atoms with Crippen LogP contribution in [-0.2, 0) is 9.53 Å². The van der Waals surface area contributed by atoms with Crippen molar-refractivity contribution < 1.29 is 9.53 Å². The van der Waals surface area contributed by atoms with Crippen molar-refractivity contribution in [3.63, 3.8) is 0 Å². The Balaban J connectivity index is 2.16. The summed E-state index contributed by atoms with van der Waals surface area (Å²) in [7, 11) is 1.59. The van der Waals surface area contributed by atoms with Crippen LogP contribution in [0.25, 0.3) is 0 Å². The monoisotopic (exact) mass is 125 g/mol. The summed E-state index contributed by atoms with van der Waals surface area (Å²) in [4.78, 5) is 10.6. The molecule has 3 nitrogen and oxygen atoms in total. The molecule has 0 aromatic carbocycles. The number of carbonyl (C=O) groups is 1. The van der Waals surface area contributed by atoms with Crippen LogP contribution in [0.3, 0.4) is 0 Å². The predicted molar refractivity (Wildman–Crippen MR) is 30.5 cm³/mol. The van der Waals surface area contributed by atoms with Crippen molar-refractivity contribution in [3.05, 3.63) is 11.8 Å². The fourth-order valence-electron chi connectivity index (χ4n) is 1.21. The second-order valence-corrected chi connectivity index (χ2v) is 2.29. The number of fused-ring (bicyclic) bond motifs is 1. The van der Waals surface area contributed by atoms with Gasteiger partial charge >= 0.3 is 0 Å². The van der Waals surface area contributed by atoms with Crippen LogP contribution in [0.2, 0.25) is 0 Å². The number of amides is 1. The van der Waals surface area contributed by atoms with E-state index in [1.165, 1.54) is 0 Å². The Morgan fingerprint density at radius 2 is 2.56 bits per heavy atom. The maximum absolute atomic E-state index is 10.6. The molecule has 1 aliphatic heterocycles. The summed E-state index contributed by atoms with van der Waals surface area (Å²) in [5, 5.41) is 2.71. The summed E-state index contributed by atoms with van der Waals surface area (Å²) in [5.41, 5.74) is 0. The summed E-state index contributed by atoms with van der Waals surface area (Å²) < 4.78 is 4.89. The molecule has 3 heteroatoms. The molecule has 1 amide bonds. The molecular weight excluding hydrogens is 118 g/mol. The van der Waals surface area contributed by atoms with Gasteiger partial charge in [0.05, 0.1) is 13.2 Å². The van der Waals surface area contributed by atoms with Gasteiger partial charge in [-0.3, -0.25) is 4.79 Å². The van der Waals surface area contributed by atoms with E-state index < -0.39 is 0 Å². The Hall–Kier alpha value is -0.990. The highest BCUT2D eigenvalue weighted by Crippen LogP contribution is 2.34. The van der Waals surface area contributed by atoms with Crippen LogP contribution in [-0.4, -0.2) is 19.1 Å². The van der Waals surface area contributed by atoms with Gasteiger partial charge in [0.1, 0.15) is 11.7 Å². The average molecular weight is 125 g/mol. The van der Waals surface area contributed by atoms with Crippen LogP contribution < -0.4 is 5.32 Å². The molecule has 2 aliphatic rings. The fraction of sp³-hybridized carbons (Fsp3) is 0.500. The molecule has 9 heavy (non-hydrogen) atoms. The Bertz CT molecular complexity index is 197. The quantitative estimate of drug-likeness (QED) is 0.486. The first kappa shape index (κ1) is 4.85. The van der Waals surface area contributed by atoms with Gasteiger partial charge in [-0.05, 0) is 6.08 Å². The van der Waals surface area contributed by atoms with Gasteiger partial charge in [-0.25, -0.2) is 0 Å². The van der Waals surface area contributed by atoms with Crippen molar-refractivity contribution in [1.29, 1.82) is 0 Å². The van der Waals surface area contributed by atoms with E-state index in [1.54, 1.807) is 7.11 Å². The van der Waals surface area contributed by atoms with Gasteiger partial charge in [-0.2, -0.15) is 0 Å². The second-order valence-electron chi connectivity index (χ2n) is 2.29. The molecule has 0 aromatic heterocycles. The zero-order valence-electron chi connectivity index (χ0n) is 5.05. The number of hydrogen-bond acceptors (Lipinski definition) is 2. The first-order valence-corrected chi connectivity index (χ1v) is 2.89. The van der Waals surface area contributed by atoms with Crippen LogP contribution in [0, 0.1) is 5.92 Å². The van der Waals surface area contributed by atoms with E-state index in [1.807, 2.05) is 6.08 Å². The van der Waals surface area contributed by atoms with Crippen LogP contribution in [0.4, 0.5) is 0 Å². The maximum Gasteiger partial charge on any atom is 0.233 e. The molecule has 48 valence electrons. The topological polar surface area (TPSA) is 38.3 Å². The van der Waals surface area contributed by atoms with Crippen LogP contribution in [0.1, 0.15) is 0 Å². The molecule has 1 N–H and O–H groups in total. The molecule has 0 radical (unpaired) electrons. The molecule has 2 rings (SSSR count). The van der Waals surface area contributed by atoms with Crippen molar-refractivity contribution in [2.45, 2.75) is 6.04 Å².